The van der Waals surface area contributed by atoms with Gasteiger partial charge in [0.05, 0.1) is 37.5 Å². The number of quaternary nitrogens is 1. The van der Waals surface area contributed by atoms with Crippen molar-refractivity contribution in [1.29, 1.82) is 0 Å². The molecule has 4 atom stereocenters. The predicted molar refractivity (Wildman–Crippen MR) is 257 cm³/mol. The lowest BCUT2D eigenvalue weighted by molar-refractivity contribution is -0.885. The highest BCUT2D eigenvalue weighted by atomic mass is 19.3. The SMILES string of the molecule is CN=CC(=CN)c1cc2c(cc1C(F)F)N(C1C3=C(CCN(C(C)=O)C3)N(C3CC[N+]([O-])(CCN4CCC(CCCC5=CC=CC6C(=O)N(C7CCC(=O)NC7=O)C(=O)C56)CC4)CC3)N1C)CCC2. The molecule has 18 heteroatoms. The first-order valence-electron chi connectivity index (χ1n) is 25.1. The molecule has 1 aliphatic carbocycles. The lowest BCUT2D eigenvalue weighted by Crippen LogP contribution is -2.58. The molecule has 7 heterocycles. The molecule has 4 unspecified atom stereocenters. The Bertz CT molecular complexity index is 2370. The maximum Gasteiger partial charge on any atom is 0.264 e. The normalized spacial score (nSPS) is 29.6. The number of piperidine rings is 3. The molecule has 4 saturated heterocycles. The Hall–Kier alpha value is -5.30. The minimum atomic E-state index is -2.72. The summed E-state index contributed by atoms with van der Waals surface area (Å²) >= 11 is 0. The van der Waals surface area contributed by atoms with Gasteiger partial charge in [-0.15, -0.1) is 0 Å². The van der Waals surface area contributed by atoms with Crippen molar-refractivity contribution >= 4 is 47.0 Å². The van der Waals surface area contributed by atoms with E-state index in [4.69, 9.17) is 5.73 Å². The van der Waals surface area contributed by atoms with Crippen molar-refractivity contribution in [2.75, 3.05) is 77.9 Å². The van der Waals surface area contributed by atoms with Crippen molar-refractivity contribution in [1.82, 2.24) is 30.0 Å². The van der Waals surface area contributed by atoms with Crippen LogP contribution in [0.15, 0.2) is 58.4 Å². The second-order valence-corrected chi connectivity index (χ2v) is 20.4. The van der Waals surface area contributed by atoms with Crippen LogP contribution in [0.3, 0.4) is 0 Å². The number of aryl methyl sites for hydroxylation is 1. The topological polar surface area (TPSA) is 178 Å². The third-order valence-electron chi connectivity index (χ3n) is 16.4. The summed E-state index contributed by atoms with van der Waals surface area (Å²) in [7, 11) is 3.66. The van der Waals surface area contributed by atoms with E-state index in [1.807, 2.05) is 23.1 Å². The zero-order chi connectivity index (χ0) is 48.7. The number of nitrogens with one attached hydrogen (secondary N) is 1. The van der Waals surface area contributed by atoms with Gasteiger partial charge in [0.2, 0.25) is 29.5 Å². The van der Waals surface area contributed by atoms with Gasteiger partial charge in [0.25, 0.3) is 6.43 Å². The fourth-order valence-corrected chi connectivity index (χ4v) is 12.7. The van der Waals surface area contributed by atoms with Crippen molar-refractivity contribution in [3.8, 4) is 0 Å². The third-order valence-corrected chi connectivity index (χ3v) is 16.4. The van der Waals surface area contributed by atoms with Gasteiger partial charge >= 0.3 is 0 Å². The number of anilines is 1. The average molecular weight is 955 g/mol. The number of nitrogens with two attached hydrogens (primary N) is 1. The minimum absolute atomic E-state index is 0.00712. The lowest BCUT2D eigenvalue weighted by Gasteiger charge is -2.51. The molecule has 7 aliphatic heterocycles. The molecule has 16 nitrogen and oxygen atoms in total. The fourth-order valence-electron chi connectivity index (χ4n) is 12.7. The van der Waals surface area contributed by atoms with E-state index >= 15 is 0 Å². The first kappa shape index (κ1) is 48.7. The Kier molecular flexibility index (Phi) is 14.3. The summed E-state index contributed by atoms with van der Waals surface area (Å²) in [6.45, 7) is 7.50. The highest BCUT2D eigenvalue weighted by molar-refractivity contribution is 6.12. The molecular formula is C51H68F2N10O6. The Balaban J connectivity index is 0.783. The number of likely N-dealkylation sites (tertiary alicyclic amines) is 3. The molecular weight excluding hydrogens is 887 g/mol. The summed E-state index contributed by atoms with van der Waals surface area (Å²) in [5.74, 6) is -2.34. The molecule has 9 rings (SSSR count). The van der Waals surface area contributed by atoms with Crippen LogP contribution in [-0.4, -0.2) is 156 Å². The zero-order valence-electron chi connectivity index (χ0n) is 40.3. The number of benzene rings is 1. The largest absolute Gasteiger partial charge is 0.633 e. The fraction of sp³-hybridized carbons (Fsp3) is 0.608. The van der Waals surface area contributed by atoms with E-state index in [9.17, 15) is 38.0 Å². The van der Waals surface area contributed by atoms with Gasteiger partial charge in [-0.05, 0) is 87.2 Å². The highest BCUT2D eigenvalue weighted by Crippen LogP contribution is 2.45. The molecule has 0 radical (unpaired) electrons. The van der Waals surface area contributed by atoms with Gasteiger partial charge in [-0.25, -0.2) is 8.78 Å². The number of hydrazine groups is 1. The molecule has 5 amide bonds. The standard InChI is InChI=1S/C51H68F2N10O6/c1-32(64)59-22-16-42-41(31-59)49(60-19-6-10-35-27-39(36(29-54)30-55-2)40(47(52)53)28-44(35)60)57(3)62(42)37-17-24-63(69,25-18-37)26-23-58-20-14-33(15-21-58)7-4-8-34-9-5-11-38-46(34)51(68)61(50(38)67)43-12-13-45(65)56-48(43)66/h5,9,11,27-30,33,37-38,43,46-47,49H,4,6-8,10,12-26,31,54H2,1-3H3,(H,56,65,66). The van der Waals surface area contributed by atoms with Crippen molar-refractivity contribution in [2.45, 2.75) is 109 Å². The number of carbonyl (C=O) groups is 5. The quantitative estimate of drug-likeness (QED) is 0.122. The summed E-state index contributed by atoms with van der Waals surface area (Å²) in [6.07, 6.45) is 14.0. The van der Waals surface area contributed by atoms with E-state index < -0.39 is 30.2 Å². The number of likely N-dealkylation sites (N-methyl/N-ethyl adjacent to an activating group) is 1. The monoisotopic (exact) mass is 955 g/mol. The Morgan fingerprint density at radius 3 is 2.48 bits per heavy atom. The number of nitrogens with zero attached hydrogens (tertiary/aromatic N) is 8. The first-order valence-corrected chi connectivity index (χ1v) is 25.1. The molecule has 3 N–H and O–H groups in total. The molecule has 69 heavy (non-hydrogen) atoms. The molecule has 1 aromatic carbocycles. The van der Waals surface area contributed by atoms with Gasteiger partial charge in [0.15, 0.2) is 0 Å². The van der Waals surface area contributed by atoms with E-state index in [1.165, 1.54) is 18.1 Å². The van der Waals surface area contributed by atoms with Crippen LogP contribution >= 0.6 is 0 Å². The maximum absolute atomic E-state index is 14.8. The third kappa shape index (κ3) is 9.53. The summed E-state index contributed by atoms with van der Waals surface area (Å²) in [6, 6.07) is 2.63. The lowest BCUT2D eigenvalue weighted by atomic mass is 9.81. The van der Waals surface area contributed by atoms with Gasteiger partial charge in [-0.3, -0.25) is 44.1 Å². The number of amides is 5. The zero-order valence-corrected chi connectivity index (χ0v) is 40.3. The van der Waals surface area contributed by atoms with Crippen molar-refractivity contribution in [3.63, 3.8) is 0 Å². The van der Waals surface area contributed by atoms with Crippen molar-refractivity contribution in [2.24, 2.45) is 28.5 Å². The molecule has 372 valence electrons. The van der Waals surface area contributed by atoms with Crippen LogP contribution in [-0.2, 0) is 30.4 Å². The van der Waals surface area contributed by atoms with E-state index in [1.54, 1.807) is 26.1 Å². The number of hydrogen-bond donors (Lipinski definition) is 2. The Labute approximate surface area is 403 Å². The van der Waals surface area contributed by atoms with E-state index in [0.29, 0.717) is 69.2 Å². The van der Waals surface area contributed by atoms with Gasteiger partial charge in [0.1, 0.15) is 12.2 Å². The summed E-state index contributed by atoms with van der Waals surface area (Å²) < 4.78 is 29.4. The number of allylic oxidation sites excluding steroid dienone is 3. The smallest absolute Gasteiger partial charge is 0.264 e. The van der Waals surface area contributed by atoms with Crippen LogP contribution in [0, 0.1) is 23.0 Å². The molecule has 0 bridgehead atoms. The van der Waals surface area contributed by atoms with Crippen LogP contribution < -0.4 is 16.0 Å². The maximum atomic E-state index is 14.8. The van der Waals surface area contributed by atoms with Crippen LogP contribution in [0.5, 0.6) is 0 Å². The first-order chi connectivity index (χ1) is 33.2. The van der Waals surface area contributed by atoms with Crippen LogP contribution in [0.4, 0.5) is 14.5 Å². The molecule has 4 fully saturated rings. The molecule has 0 spiro atoms. The van der Waals surface area contributed by atoms with Crippen molar-refractivity contribution < 1.29 is 37.4 Å². The molecule has 0 aromatic heterocycles. The molecule has 0 saturated carbocycles. The van der Waals surface area contributed by atoms with Gasteiger partial charge in [-0.2, -0.15) is 5.01 Å². The number of hydrogen-bond acceptors (Lipinski definition) is 12. The number of hydroxylamine groups is 3. The number of halogens is 2. The number of aliphatic imine (C=N–C) groups is 1. The molecule has 1 aromatic rings. The van der Waals surface area contributed by atoms with Crippen LogP contribution in [0.2, 0.25) is 0 Å². The van der Waals surface area contributed by atoms with Crippen molar-refractivity contribution in [3.05, 3.63) is 75.3 Å². The molecule has 8 aliphatic rings. The summed E-state index contributed by atoms with van der Waals surface area (Å²) in [5.41, 5.74) is 11.6. The van der Waals surface area contributed by atoms with Crippen LogP contribution in [0.25, 0.3) is 5.57 Å². The summed E-state index contributed by atoms with van der Waals surface area (Å²) in [4.78, 5) is 75.7. The Morgan fingerprint density at radius 2 is 1.78 bits per heavy atom. The summed E-state index contributed by atoms with van der Waals surface area (Å²) in [5, 5.41) is 21.3. The average Bonchev–Trinajstić information content (AvgIpc) is 3.77. The second-order valence-electron chi connectivity index (χ2n) is 20.4. The van der Waals surface area contributed by atoms with E-state index in [2.05, 4.69) is 37.2 Å². The number of imide groups is 2. The second kappa shape index (κ2) is 20.2. The number of fused-ring (bicyclic) bond motifs is 2. The van der Waals surface area contributed by atoms with Crippen LogP contribution in [0.1, 0.15) is 101 Å². The van der Waals surface area contributed by atoms with E-state index in [0.717, 1.165) is 98.3 Å². The number of carbonyl (C=O) groups excluding carboxylic acids is 5. The van der Waals surface area contributed by atoms with Gasteiger partial charge < -0.3 is 30.4 Å². The Morgan fingerprint density at radius 1 is 1.01 bits per heavy atom. The van der Waals surface area contributed by atoms with E-state index in [-0.39, 0.29) is 58.9 Å². The van der Waals surface area contributed by atoms with Gasteiger partial charge in [0, 0.05) is 113 Å². The number of rotatable bonds is 13. The number of alkyl halides is 2. The highest BCUT2D eigenvalue weighted by Gasteiger charge is 2.53. The van der Waals surface area contributed by atoms with Gasteiger partial charge in [-0.1, -0.05) is 30.2 Å². The predicted octanol–water partition coefficient (Wildman–Crippen LogP) is 4.63. The minimum Gasteiger partial charge on any atom is -0.633 e.